The zero-order valence-corrected chi connectivity index (χ0v) is 15.1. The fraction of sp³-hybridized carbons (Fsp3) is 0.214. The molecule has 0 amide bonds. The highest BCUT2D eigenvalue weighted by Crippen LogP contribution is 2.20. The van der Waals surface area contributed by atoms with E-state index < -0.39 is 5.97 Å². The molecular formula is C14H12BrIN2O3. The lowest BCUT2D eigenvalue weighted by atomic mass is 10.1. The molecule has 2 aromatic rings. The fourth-order valence-corrected chi connectivity index (χ4v) is 2.72. The molecule has 0 aliphatic heterocycles. The number of aromatic nitrogens is 2. The summed E-state index contributed by atoms with van der Waals surface area (Å²) in [6.07, 6.45) is 1.53. The standard InChI is InChI=1S/C14H12BrIN2O3/c1-8-12(16)13(19)18(7-17-8)6-10-4-3-9(5-11(10)15)14(20)21-2/h3-5,7H,6H2,1-2H3. The van der Waals surface area contributed by atoms with Crippen LogP contribution in [0.5, 0.6) is 0 Å². The number of ether oxygens (including phenoxy) is 1. The van der Waals surface area contributed by atoms with Crippen LogP contribution >= 0.6 is 38.5 Å². The van der Waals surface area contributed by atoms with Gasteiger partial charge < -0.3 is 4.74 Å². The lowest BCUT2D eigenvalue weighted by molar-refractivity contribution is 0.0600. The van der Waals surface area contributed by atoms with Gasteiger partial charge in [-0.15, -0.1) is 0 Å². The molecule has 0 atom stereocenters. The Labute approximate surface area is 143 Å². The topological polar surface area (TPSA) is 61.2 Å². The average molecular weight is 463 g/mol. The molecule has 1 heterocycles. The molecule has 0 aliphatic rings. The number of carbonyl (C=O) groups is 1. The van der Waals surface area contributed by atoms with Crippen molar-refractivity contribution in [2.24, 2.45) is 0 Å². The van der Waals surface area contributed by atoms with Crippen molar-refractivity contribution < 1.29 is 9.53 Å². The number of carbonyl (C=O) groups excluding carboxylic acids is 1. The van der Waals surface area contributed by atoms with Crippen molar-refractivity contribution in [3.05, 3.63) is 59.7 Å². The van der Waals surface area contributed by atoms with E-state index >= 15 is 0 Å². The molecule has 0 N–H and O–H groups in total. The maximum absolute atomic E-state index is 12.2. The lowest BCUT2D eigenvalue weighted by Crippen LogP contribution is -2.24. The van der Waals surface area contributed by atoms with Crippen molar-refractivity contribution in [1.82, 2.24) is 9.55 Å². The predicted molar refractivity (Wildman–Crippen MR) is 90.5 cm³/mol. The Bertz CT molecular complexity index is 758. The van der Waals surface area contributed by atoms with Crippen LogP contribution < -0.4 is 5.56 Å². The number of nitrogens with zero attached hydrogens (tertiary/aromatic N) is 2. The van der Waals surface area contributed by atoms with E-state index in [1.807, 2.05) is 22.6 Å². The van der Waals surface area contributed by atoms with Gasteiger partial charge in [0.05, 0.1) is 34.8 Å². The first kappa shape index (κ1) is 16.2. The molecule has 0 unspecified atom stereocenters. The Morgan fingerprint density at radius 1 is 1.48 bits per heavy atom. The van der Waals surface area contributed by atoms with E-state index in [4.69, 9.17) is 0 Å². The van der Waals surface area contributed by atoms with Crippen LogP contribution in [0.15, 0.2) is 33.8 Å². The van der Waals surface area contributed by atoms with Gasteiger partial charge in [0.25, 0.3) is 5.56 Å². The highest BCUT2D eigenvalue weighted by molar-refractivity contribution is 14.1. The molecule has 1 aromatic carbocycles. The van der Waals surface area contributed by atoms with Gasteiger partial charge in [-0.25, -0.2) is 9.78 Å². The zero-order chi connectivity index (χ0) is 15.6. The SMILES string of the molecule is COC(=O)c1ccc(Cn2cnc(C)c(I)c2=O)c(Br)c1. The minimum atomic E-state index is -0.397. The summed E-state index contributed by atoms with van der Waals surface area (Å²) in [5, 5.41) is 0. The first-order valence-electron chi connectivity index (χ1n) is 6.02. The van der Waals surface area contributed by atoms with Crippen molar-refractivity contribution in [3.63, 3.8) is 0 Å². The van der Waals surface area contributed by atoms with Gasteiger partial charge in [0, 0.05) is 4.47 Å². The van der Waals surface area contributed by atoms with Crippen LogP contribution in [-0.4, -0.2) is 22.6 Å². The molecule has 7 heteroatoms. The van der Waals surface area contributed by atoms with Gasteiger partial charge in [0.1, 0.15) is 0 Å². The molecule has 2 rings (SSSR count). The van der Waals surface area contributed by atoms with Gasteiger partial charge in [0.15, 0.2) is 0 Å². The molecule has 0 saturated carbocycles. The largest absolute Gasteiger partial charge is 0.465 e. The van der Waals surface area contributed by atoms with E-state index in [9.17, 15) is 9.59 Å². The number of methoxy groups -OCH3 is 1. The third kappa shape index (κ3) is 3.52. The quantitative estimate of drug-likeness (QED) is 0.519. The second-order valence-electron chi connectivity index (χ2n) is 4.37. The number of rotatable bonds is 3. The molecule has 0 saturated heterocycles. The molecule has 0 fully saturated rings. The van der Waals surface area contributed by atoms with Gasteiger partial charge in [-0.1, -0.05) is 22.0 Å². The Kier molecular flexibility index (Phi) is 5.15. The van der Waals surface area contributed by atoms with E-state index in [0.29, 0.717) is 15.7 Å². The fourth-order valence-electron chi connectivity index (χ4n) is 1.76. The summed E-state index contributed by atoms with van der Waals surface area (Å²) < 4.78 is 7.56. The van der Waals surface area contributed by atoms with Crippen molar-refractivity contribution in [1.29, 1.82) is 0 Å². The summed E-state index contributed by atoms with van der Waals surface area (Å²) in [6, 6.07) is 5.14. The summed E-state index contributed by atoms with van der Waals surface area (Å²) in [7, 11) is 1.34. The first-order chi connectivity index (χ1) is 9.93. The number of benzene rings is 1. The highest BCUT2D eigenvalue weighted by atomic mass is 127. The molecular weight excluding hydrogens is 451 g/mol. The van der Waals surface area contributed by atoms with Gasteiger partial charge in [-0.3, -0.25) is 9.36 Å². The molecule has 110 valence electrons. The number of hydrogen-bond acceptors (Lipinski definition) is 4. The molecule has 0 spiro atoms. The molecule has 0 radical (unpaired) electrons. The monoisotopic (exact) mass is 462 g/mol. The van der Waals surface area contributed by atoms with Crippen molar-refractivity contribution >= 4 is 44.5 Å². The van der Waals surface area contributed by atoms with Crippen LogP contribution in [0.3, 0.4) is 0 Å². The summed E-state index contributed by atoms with van der Waals surface area (Å²) >= 11 is 5.41. The number of hydrogen-bond donors (Lipinski definition) is 0. The van der Waals surface area contributed by atoms with E-state index in [1.165, 1.54) is 18.0 Å². The van der Waals surface area contributed by atoms with Crippen LogP contribution in [0.2, 0.25) is 0 Å². The Hall–Kier alpha value is -1.22. The van der Waals surface area contributed by atoms with E-state index in [0.717, 1.165) is 15.7 Å². The summed E-state index contributed by atoms with van der Waals surface area (Å²) in [4.78, 5) is 27.8. The number of halogens is 2. The summed E-state index contributed by atoms with van der Waals surface area (Å²) in [5.41, 5.74) is 1.98. The smallest absolute Gasteiger partial charge is 0.337 e. The maximum Gasteiger partial charge on any atom is 0.337 e. The van der Waals surface area contributed by atoms with Gasteiger partial charge >= 0.3 is 5.97 Å². The van der Waals surface area contributed by atoms with E-state index in [1.54, 1.807) is 25.1 Å². The van der Waals surface area contributed by atoms with Gasteiger partial charge in [-0.05, 0) is 47.2 Å². The molecule has 21 heavy (non-hydrogen) atoms. The van der Waals surface area contributed by atoms with Gasteiger partial charge in [-0.2, -0.15) is 0 Å². The molecule has 0 bridgehead atoms. The third-order valence-corrected chi connectivity index (χ3v) is 4.95. The molecule has 5 nitrogen and oxygen atoms in total. The van der Waals surface area contributed by atoms with Crippen LogP contribution in [0, 0.1) is 10.5 Å². The van der Waals surface area contributed by atoms with Crippen molar-refractivity contribution in [3.8, 4) is 0 Å². The maximum atomic E-state index is 12.2. The lowest BCUT2D eigenvalue weighted by Gasteiger charge is -2.10. The van der Waals surface area contributed by atoms with Crippen LogP contribution in [0.4, 0.5) is 0 Å². The minimum Gasteiger partial charge on any atom is -0.465 e. The molecule has 0 aliphatic carbocycles. The van der Waals surface area contributed by atoms with Gasteiger partial charge in [0.2, 0.25) is 0 Å². The number of aryl methyl sites for hydroxylation is 1. The van der Waals surface area contributed by atoms with Crippen LogP contribution in [-0.2, 0) is 11.3 Å². The second kappa shape index (κ2) is 6.69. The second-order valence-corrected chi connectivity index (χ2v) is 6.31. The Balaban J connectivity index is 2.35. The zero-order valence-electron chi connectivity index (χ0n) is 11.4. The first-order valence-corrected chi connectivity index (χ1v) is 7.89. The Morgan fingerprint density at radius 3 is 2.81 bits per heavy atom. The highest BCUT2D eigenvalue weighted by Gasteiger charge is 2.11. The van der Waals surface area contributed by atoms with Crippen LogP contribution in [0.25, 0.3) is 0 Å². The van der Waals surface area contributed by atoms with Crippen molar-refractivity contribution in [2.45, 2.75) is 13.5 Å². The Morgan fingerprint density at radius 2 is 2.19 bits per heavy atom. The predicted octanol–water partition coefficient (Wildman–Crippen LogP) is 2.75. The van der Waals surface area contributed by atoms with Crippen molar-refractivity contribution in [2.75, 3.05) is 7.11 Å². The summed E-state index contributed by atoms with van der Waals surface area (Å²) in [5.74, 6) is -0.397. The third-order valence-electron chi connectivity index (χ3n) is 2.97. The van der Waals surface area contributed by atoms with Crippen LogP contribution in [0.1, 0.15) is 21.6 Å². The normalized spacial score (nSPS) is 10.5. The minimum absolute atomic E-state index is 0.0768. The molecule has 1 aromatic heterocycles. The number of esters is 1. The summed E-state index contributed by atoms with van der Waals surface area (Å²) in [6.45, 7) is 2.18. The van der Waals surface area contributed by atoms with E-state index in [2.05, 4.69) is 25.7 Å². The average Bonchev–Trinajstić information content (AvgIpc) is 2.48. The van der Waals surface area contributed by atoms with E-state index in [-0.39, 0.29) is 5.56 Å².